The van der Waals surface area contributed by atoms with Gasteiger partial charge in [0.25, 0.3) is 0 Å². The lowest BCUT2D eigenvalue weighted by atomic mass is 10.00. The summed E-state index contributed by atoms with van der Waals surface area (Å²) in [6.45, 7) is 3.03. The summed E-state index contributed by atoms with van der Waals surface area (Å²) in [4.78, 5) is 2.43. The minimum atomic E-state index is 0.803. The molecule has 1 aliphatic heterocycles. The van der Waals surface area contributed by atoms with E-state index in [0.29, 0.717) is 0 Å². The summed E-state index contributed by atoms with van der Waals surface area (Å²) in [5, 5.41) is 0.803. The number of nitrogens with two attached hydrogens (primary N) is 1. The van der Waals surface area contributed by atoms with Gasteiger partial charge in [0.05, 0.1) is 5.69 Å². The van der Waals surface area contributed by atoms with Crippen LogP contribution in [-0.4, -0.2) is 15.8 Å². The summed E-state index contributed by atoms with van der Waals surface area (Å²) in [6, 6.07) is 10.7. The lowest BCUT2D eigenvalue weighted by Gasteiger charge is -2.27. The Morgan fingerprint density at radius 2 is 2.12 bits per heavy atom. The van der Waals surface area contributed by atoms with Gasteiger partial charge in [-0.2, -0.15) is 4.37 Å². The van der Waals surface area contributed by atoms with Gasteiger partial charge < -0.3 is 5.73 Å². The average Bonchev–Trinajstić information content (AvgIpc) is 2.75. The summed E-state index contributed by atoms with van der Waals surface area (Å²) in [6.07, 6.45) is 1.13. The molecule has 0 atom stereocenters. The summed E-state index contributed by atoms with van der Waals surface area (Å²) < 4.78 is 4.34. The van der Waals surface area contributed by atoms with E-state index in [1.807, 2.05) is 6.07 Å². The van der Waals surface area contributed by atoms with E-state index in [1.54, 1.807) is 0 Å². The minimum absolute atomic E-state index is 0.803. The smallest absolute Gasteiger partial charge is 0.107 e. The molecule has 1 aromatic carbocycles. The molecule has 2 heterocycles. The Kier molecular flexibility index (Phi) is 2.82. The predicted octanol–water partition coefficient (Wildman–Crippen LogP) is 2.28. The Morgan fingerprint density at radius 1 is 1.29 bits per heavy atom. The molecule has 0 bridgehead atoms. The van der Waals surface area contributed by atoms with Gasteiger partial charge in [-0.05, 0) is 35.1 Å². The number of aromatic nitrogens is 1. The topological polar surface area (TPSA) is 42.1 Å². The van der Waals surface area contributed by atoms with Gasteiger partial charge in [0.15, 0.2) is 0 Å². The lowest BCUT2D eigenvalue weighted by Crippen LogP contribution is -2.30. The summed E-state index contributed by atoms with van der Waals surface area (Å²) in [5.41, 5.74) is 9.72. The number of nitrogen functional groups attached to an aromatic ring is 1. The number of hydrogen-bond donors (Lipinski definition) is 1. The third-order valence-electron chi connectivity index (χ3n) is 3.17. The molecule has 2 aromatic rings. The molecule has 0 spiro atoms. The maximum atomic E-state index is 5.70. The number of rotatable bonds is 2. The largest absolute Gasteiger partial charge is 0.389 e. The summed E-state index contributed by atoms with van der Waals surface area (Å²) in [5.74, 6) is 0. The first-order valence-electron chi connectivity index (χ1n) is 5.81. The van der Waals surface area contributed by atoms with Crippen molar-refractivity contribution >= 4 is 16.5 Å². The van der Waals surface area contributed by atoms with Crippen LogP contribution >= 0.6 is 11.5 Å². The molecule has 2 N–H and O–H groups in total. The molecular weight excluding hydrogens is 230 g/mol. The fourth-order valence-corrected chi connectivity index (χ4v) is 2.84. The number of benzene rings is 1. The second-order valence-electron chi connectivity index (χ2n) is 4.45. The van der Waals surface area contributed by atoms with Crippen LogP contribution in [0, 0.1) is 0 Å². The molecule has 17 heavy (non-hydrogen) atoms. The molecular formula is C13H15N3S. The van der Waals surface area contributed by atoms with E-state index in [2.05, 4.69) is 33.5 Å². The summed E-state index contributed by atoms with van der Waals surface area (Å²) in [7, 11) is 0. The van der Waals surface area contributed by atoms with Crippen molar-refractivity contribution in [2.75, 3.05) is 12.3 Å². The highest BCUT2D eigenvalue weighted by molar-refractivity contribution is 7.10. The van der Waals surface area contributed by atoms with Crippen LogP contribution in [0.2, 0.25) is 0 Å². The Bertz CT molecular complexity index is 521. The number of anilines is 1. The fourth-order valence-electron chi connectivity index (χ4n) is 2.32. The van der Waals surface area contributed by atoms with Crippen LogP contribution in [0.3, 0.4) is 0 Å². The maximum Gasteiger partial charge on any atom is 0.107 e. The molecule has 1 aliphatic rings. The van der Waals surface area contributed by atoms with Crippen LogP contribution < -0.4 is 5.73 Å². The molecule has 1 aromatic heterocycles. The minimum Gasteiger partial charge on any atom is -0.389 e. The molecule has 3 rings (SSSR count). The van der Waals surface area contributed by atoms with Crippen molar-refractivity contribution in [3.63, 3.8) is 0 Å². The normalized spacial score (nSPS) is 15.8. The van der Waals surface area contributed by atoms with Gasteiger partial charge in [-0.3, -0.25) is 4.90 Å². The fraction of sp³-hybridized carbons (Fsp3) is 0.308. The Labute approximate surface area is 105 Å². The van der Waals surface area contributed by atoms with Gasteiger partial charge in [0, 0.05) is 19.6 Å². The highest BCUT2D eigenvalue weighted by Crippen LogP contribution is 2.21. The van der Waals surface area contributed by atoms with Gasteiger partial charge in [-0.25, -0.2) is 0 Å². The third kappa shape index (κ3) is 2.33. The van der Waals surface area contributed by atoms with Crippen molar-refractivity contribution in [1.29, 1.82) is 0 Å². The summed E-state index contributed by atoms with van der Waals surface area (Å²) >= 11 is 1.38. The number of fused-ring (bicyclic) bond motifs is 1. The molecule has 0 fully saturated rings. The first-order chi connectivity index (χ1) is 8.31. The van der Waals surface area contributed by atoms with E-state index < -0.39 is 0 Å². The highest BCUT2D eigenvalue weighted by atomic mass is 32.1. The third-order valence-corrected chi connectivity index (χ3v) is 3.83. The van der Waals surface area contributed by atoms with Gasteiger partial charge in [0.2, 0.25) is 0 Å². The quantitative estimate of drug-likeness (QED) is 0.882. The molecule has 4 heteroatoms. The van der Waals surface area contributed by atoms with E-state index in [0.717, 1.165) is 36.8 Å². The molecule has 0 saturated heterocycles. The molecule has 0 amide bonds. The van der Waals surface area contributed by atoms with Crippen LogP contribution in [0.1, 0.15) is 16.8 Å². The second kappa shape index (κ2) is 4.47. The Hall–Kier alpha value is -1.39. The van der Waals surface area contributed by atoms with E-state index in [4.69, 9.17) is 5.73 Å². The molecule has 0 aliphatic carbocycles. The van der Waals surface area contributed by atoms with E-state index in [-0.39, 0.29) is 0 Å². The van der Waals surface area contributed by atoms with Gasteiger partial charge in [-0.1, -0.05) is 24.3 Å². The van der Waals surface area contributed by atoms with Crippen molar-refractivity contribution in [1.82, 2.24) is 9.27 Å². The molecule has 0 saturated carbocycles. The molecule has 0 radical (unpaired) electrons. The zero-order valence-corrected chi connectivity index (χ0v) is 10.4. The van der Waals surface area contributed by atoms with Crippen molar-refractivity contribution < 1.29 is 0 Å². The zero-order valence-electron chi connectivity index (χ0n) is 9.60. The van der Waals surface area contributed by atoms with Crippen LogP contribution in [0.15, 0.2) is 30.3 Å². The highest BCUT2D eigenvalue weighted by Gasteiger charge is 2.16. The Morgan fingerprint density at radius 3 is 2.88 bits per heavy atom. The lowest BCUT2D eigenvalue weighted by molar-refractivity contribution is 0.243. The monoisotopic (exact) mass is 245 g/mol. The molecule has 88 valence electrons. The number of hydrogen-bond acceptors (Lipinski definition) is 4. The van der Waals surface area contributed by atoms with E-state index >= 15 is 0 Å². The SMILES string of the molecule is Nc1cc(CN2CCc3ccccc3C2)ns1. The number of nitrogens with zero attached hydrogens (tertiary/aromatic N) is 2. The van der Waals surface area contributed by atoms with Gasteiger partial charge in [-0.15, -0.1) is 0 Å². The van der Waals surface area contributed by atoms with E-state index in [1.165, 1.54) is 22.7 Å². The van der Waals surface area contributed by atoms with Gasteiger partial charge in [0.1, 0.15) is 5.00 Å². The van der Waals surface area contributed by atoms with Crippen LogP contribution in [-0.2, 0) is 19.5 Å². The van der Waals surface area contributed by atoms with Crippen molar-refractivity contribution in [2.24, 2.45) is 0 Å². The Balaban J connectivity index is 1.72. The second-order valence-corrected chi connectivity index (χ2v) is 5.29. The molecule has 0 unspecified atom stereocenters. The first-order valence-corrected chi connectivity index (χ1v) is 6.59. The van der Waals surface area contributed by atoms with Gasteiger partial charge >= 0.3 is 0 Å². The standard InChI is InChI=1S/C13H15N3S/c14-13-7-12(15-17-13)9-16-6-5-10-3-1-2-4-11(10)8-16/h1-4,7H,5-6,8-9,14H2. The van der Waals surface area contributed by atoms with Crippen molar-refractivity contribution in [3.05, 3.63) is 47.2 Å². The zero-order chi connectivity index (χ0) is 11.7. The van der Waals surface area contributed by atoms with Crippen LogP contribution in [0.5, 0.6) is 0 Å². The van der Waals surface area contributed by atoms with Crippen molar-refractivity contribution in [3.8, 4) is 0 Å². The average molecular weight is 245 g/mol. The van der Waals surface area contributed by atoms with E-state index in [9.17, 15) is 0 Å². The first kappa shape index (κ1) is 10.7. The van der Waals surface area contributed by atoms with Crippen LogP contribution in [0.25, 0.3) is 0 Å². The van der Waals surface area contributed by atoms with Crippen molar-refractivity contribution in [2.45, 2.75) is 19.5 Å². The maximum absolute atomic E-state index is 5.70. The molecule has 3 nitrogen and oxygen atoms in total. The van der Waals surface area contributed by atoms with Crippen LogP contribution in [0.4, 0.5) is 5.00 Å². The predicted molar refractivity (Wildman–Crippen MR) is 70.8 cm³/mol.